The second-order valence-electron chi connectivity index (χ2n) is 7.45. The second kappa shape index (κ2) is 11.7. The molecule has 0 heterocycles. The van der Waals surface area contributed by atoms with Gasteiger partial charge in [-0.1, -0.05) is 43.0 Å². The van der Waals surface area contributed by atoms with E-state index in [2.05, 4.69) is 0 Å². The molecule has 1 fully saturated rings. The van der Waals surface area contributed by atoms with Gasteiger partial charge in [0.15, 0.2) is 0 Å². The first-order valence-electron chi connectivity index (χ1n) is 10.0. The Balaban J connectivity index is 0.000000360. The van der Waals surface area contributed by atoms with E-state index in [4.69, 9.17) is 31.9 Å². The van der Waals surface area contributed by atoms with Crippen molar-refractivity contribution in [2.24, 2.45) is 5.73 Å². The van der Waals surface area contributed by atoms with E-state index in [1.165, 1.54) is 44.2 Å². The van der Waals surface area contributed by atoms with Crippen molar-refractivity contribution in [3.8, 4) is 11.5 Å². The third-order valence-corrected chi connectivity index (χ3v) is 4.81. The molecule has 5 nitrogen and oxygen atoms in total. The summed E-state index contributed by atoms with van der Waals surface area (Å²) in [5.41, 5.74) is 6.73. The Bertz CT molecular complexity index is 771. The molecule has 3 N–H and O–H groups in total. The summed E-state index contributed by atoms with van der Waals surface area (Å²) in [6, 6.07) is 12.5. The lowest BCUT2D eigenvalue weighted by Crippen LogP contribution is -2.22. The highest BCUT2D eigenvalue weighted by Gasteiger charge is 2.08. The predicted octanol–water partition coefficient (Wildman–Crippen LogP) is 5.68. The summed E-state index contributed by atoms with van der Waals surface area (Å²) in [6.45, 7) is 4.29. The van der Waals surface area contributed by atoms with E-state index in [0.29, 0.717) is 18.4 Å². The summed E-state index contributed by atoms with van der Waals surface area (Å²) in [4.78, 5) is 10.8. The summed E-state index contributed by atoms with van der Waals surface area (Å²) >= 11 is 6.01. The molecule has 2 aromatic rings. The monoisotopic (exact) mass is 419 g/mol. The Hall–Kier alpha value is -2.24. The molecule has 1 aliphatic carbocycles. The molecule has 0 bridgehead atoms. The first kappa shape index (κ1) is 23.0. The van der Waals surface area contributed by atoms with Crippen molar-refractivity contribution in [1.29, 1.82) is 0 Å². The van der Waals surface area contributed by atoms with Gasteiger partial charge in [-0.3, -0.25) is 0 Å². The van der Waals surface area contributed by atoms with E-state index in [9.17, 15) is 4.79 Å². The molecule has 0 aliphatic heterocycles. The number of ether oxygens (including phenoxy) is 2. The fourth-order valence-corrected chi connectivity index (χ4v) is 3.22. The van der Waals surface area contributed by atoms with Gasteiger partial charge in [0.25, 0.3) is 0 Å². The van der Waals surface area contributed by atoms with Crippen LogP contribution in [0.25, 0.3) is 0 Å². The molecule has 3 rings (SSSR count). The average Bonchev–Trinajstić information content (AvgIpc) is 2.69. The van der Waals surface area contributed by atoms with Gasteiger partial charge in [0.2, 0.25) is 0 Å². The van der Waals surface area contributed by atoms with Crippen LogP contribution in [0, 0.1) is 0 Å². The molecule has 0 saturated heterocycles. The van der Waals surface area contributed by atoms with E-state index in [0.717, 1.165) is 11.3 Å². The van der Waals surface area contributed by atoms with Crippen LogP contribution in [-0.2, 0) is 6.61 Å². The van der Waals surface area contributed by atoms with Gasteiger partial charge in [-0.05, 0) is 62.6 Å². The van der Waals surface area contributed by atoms with E-state index >= 15 is 0 Å². The van der Waals surface area contributed by atoms with Crippen molar-refractivity contribution in [1.82, 2.24) is 0 Å². The highest BCUT2D eigenvalue weighted by Crippen LogP contribution is 2.26. The summed E-state index contributed by atoms with van der Waals surface area (Å²) in [5.74, 6) is 0.242. The smallest absolute Gasteiger partial charge is 0.335 e. The van der Waals surface area contributed by atoms with Crippen molar-refractivity contribution in [3.05, 3.63) is 58.6 Å². The van der Waals surface area contributed by atoms with Gasteiger partial charge in [-0.2, -0.15) is 0 Å². The number of carboxylic acid groups (broad SMARTS) is 1. The van der Waals surface area contributed by atoms with Gasteiger partial charge < -0.3 is 20.3 Å². The number of carboxylic acids is 1. The van der Waals surface area contributed by atoms with Crippen LogP contribution in [0.2, 0.25) is 5.02 Å². The minimum atomic E-state index is -1.02. The van der Waals surface area contributed by atoms with Gasteiger partial charge in [-0.15, -0.1) is 0 Å². The van der Waals surface area contributed by atoms with Crippen molar-refractivity contribution in [3.63, 3.8) is 0 Å². The van der Waals surface area contributed by atoms with Crippen LogP contribution in [0.1, 0.15) is 61.9 Å². The molecule has 158 valence electrons. The van der Waals surface area contributed by atoms with Crippen molar-refractivity contribution >= 4 is 17.6 Å². The maximum atomic E-state index is 10.8. The van der Waals surface area contributed by atoms with E-state index in [1.54, 1.807) is 6.07 Å². The van der Waals surface area contributed by atoms with Crippen molar-refractivity contribution in [2.45, 2.75) is 64.7 Å². The molecule has 1 aliphatic rings. The number of hydrogen-bond acceptors (Lipinski definition) is 4. The van der Waals surface area contributed by atoms with Crippen molar-refractivity contribution < 1.29 is 19.4 Å². The number of carbonyl (C=O) groups is 1. The fraction of sp³-hybridized carbons (Fsp3) is 0.435. The standard InChI is InChI=1S/C17H17ClO4.C6H13N/c1-11(2)22-14-6-3-12(4-7-14)10-21-16-8-5-13(17(19)20)9-15(16)18;7-6-4-2-1-3-5-6/h3-9,11H,10H2,1-2H3,(H,19,20);6H,1-5,7H2. The zero-order chi connectivity index (χ0) is 21.2. The highest BCUT2D eigenvalue weighted by molar-refractivity contribution is 6.32. The van der Waals surface area contributed by atoms with Crippen LogP contribution in [0.15, 0.2) is 42.5 Å². The number of aromatic carboxylic acids is 1. The average molecular weight is 420 g/mol. The molecule has 29 heavy (non-hydrogen) atoms. The molecule has 0 atom stereocenters. The first-order chi connectivity index (χ1) is 13.8. The maximum absolute atomic E-state index is 10.8. The van der Waals surface area contributed by atoms with Crippen LogP contribution in [0.3, 0.4) is 0 Å². The SMILES string of the molecule is CC(C)Oc1ccc(COc2ccc(C(=O)O)cc2Cl)cc1.NC1CCCCC1. The largest absolute Gasteiger partial charge is 0.491 e. The Morgan fingerprint density at radius 2 is 1.79 bits per heavy atom. The van der Waals surface area contributed by atoms with Gasteiger partial charge in [0.05, 0.1) is 16.7 Å². The van der Waals surface area contributed by atoms with Gasteiger partial charge in [0.1, 0.15) is 18.1 Å². The molecule has 0 radical (unpaired) electrons. The third kappa shape index (κ3) is 8.34. The molecule has 6 heteroatoms. The molecule has 0 amide bonds. The quantitative estimate of drug-likeness (QED) is 0.629. The number of benzene rings is 2. The molecule has 0 unspecified atom stereocenters. The topological polar surface area (TPSA) is 81.8 Å². The lowest BCUT2D eigenvalue weighted by molar-refractivity contribution is 0.0697. The minimum Gasteiger partial charge on any atom is -0.491 e. The molecule has 1 saturated carbocycles. The molecule has 0 aromatic heterocycles. The second-order valence-corrected chi connectivity index (χ2v) is 7.85. The third-order valence-electron chi connectivity index (χ3n) is 4.52. The van der Waals surface area contributed by atoms with Crippen LogP contribution < -0.4 is 15.2 Å². The number of halogens is 1. The lowest BCUT2D eigenvalue weighted by atomic mass is 9.97. The van der Waals surface area contributed by atoms with Crippen molar-refractivity contribution in [2.75, 3.05) is 0 Å². The Kier molecular flexibility index (Phi) is 9.29. The minimum absolute atomic E-state index is 0.132. The normalized spacial score (nSPS) is 14.1. The predicted molar refractivity (Wildman–Crippen MR) is 116 cm³/mol. The Labute approximate surface area is 177 Å². The van der Waals surface area contributed by atoms with Gasteiger partial charge in [0, 0.05) is 6.04 Å². The van der Waals surface area contributed by atoms with E-state index in [-0.39, 0.29) is 16.7 Å². The molecular formula is C23H30ClNO4. The first-order valence-corrected chi connectivity index (χ1v) is 10.4. The van der Waals surface area contributed by atoms with Crippen LogP contribution in [0.5, 0.6) is 11.5 Å². The zero-order valence-electron chi connectivity index (χ0n) is 17.1. The summed E-state index contributed by atoms with van der Waals surface area (Å²) in [7, 11) is 0. The summed E-state index contributed by atoms with van der Waals surface area (Å²) in [6.07, 6.45) is 6.80. The molecular weight excluding hydrogens is 390 g/mol. The zero-order valence-corrected chi connectivity index (χ0v) is 17.8. The number of rotatable bonds is 6. The number of nitrogens with two attached hydrogens (primary N) is 1. The molecule has 0 spiro atoms. The molecule has 2 aromatic carbocycles. The maximum Gasteiger partial charge on any atom is 0.335 e. The Morgan fingerprint density at radius 1 is 1.14 bits per heavy atom. The van der Waals surface area contributed by atoms with Gasteiger partial charge in [-0.25, -0.2) is 4.79 Å². The summed E-state index contributed by atoms with van der Waals surface area (Å²) in [5, 5.41) is 9.16. The Morgan fingerprint density at radius 3 is 2.28 bits per heavy atom. The fourth-order valence-electron chi connectivity index (χ4n) is 2.98. The van der Waals surface area contributed by atoms with Gasteiger partial charge >= 0.3 is 5.97 Å². The van der Waals surface area contributed by atoms with Crippen LogP contribution in [-0.4, -0.2) is 23.2 Å². The summed E-state index contributed by atoms with van der Waals surface area (Å²) < 4.78 is 11.2. The van der Waals surface area contributed by atoms with Crippen LogP contribution in [0.4, 0.5) is 0 Å². The highest BCUT2D eigenvalue weighted by atomic mass is 35.5. The lowest BCUT2D eigenvalue weighted by Gasteiger charge is -2.15. The van der Waals surface area contributed by atoms with E-state index in [1.807, 2.05) is 38.1 Å². The van der Waals surface area contributed by atoms with E-state index < -0.39 is 5.97 Å². The number of hydrogen-bond donors (Lipinski definition) is 2. The van der Waals surface area contributed by atoms with Crippen LogP contribution >= 0.6 is 11.6 Å².